The normalized spacial score (nSPS) is 17.2. The van der Waals surface area contributed by atoms with Crippen molar-refractivity contribution in [3.8, 4) is 0 Å². The molecule has 0 aliphatic carbocycles. The van der Waals surface area contributed by atoms with Gasteiger partial charge >= 0.3 is 5.97 Å². The van der Waals surface area contributed by atoms with Gasteiger partial charge in [0.25, 0.3) is 0 Å². The van der Waals surface area contributed by atoms with Crippen molar-refractivity contribution in [1.29, 1.82) is 0 Å². The minimum absolute atomic E-state index is 0.0541. The molecule has 2 heterocycles. The van der Waals surface area contributed by atoms with Crippen LogP contribution in [0.3, 0.4) is 0 Å². The molecule has 0 unspecified atom stereocenters. The number of fused-ring (bicyclic) bond motifs is 1. The Morgan fingerprint density at radius 2 is 1.35 bits per heavy atom. The zero-order chi connectivity index (χ0) is 53.8. The molecular formula is C46H72N12O12S2. The lowest BCUT2D eigenvalue weighted by Crippen LogP contribution is -2.61. The van der Waals surface area contributed by atoms with Crippen LogP contribution >= 0.6 is 25.3 Å². The van der Waals surface area contributed by atoms with E-state index in [1.165, 1.54) is 18.7 Å². The number of amides is 9. The quantitative estimate of drug-likeness (QED) is 0.0278. The largest absolute Gasteiger partial charge is 0.480 e. The van der Waals surface area contributed by atoms with Gasteiger partial charge in [-0.25, -0.2) is 4.79 Å². The predicted octanol–water partition coefficient (Wildman–Crippen LogP) is -2.79. The van der Waals surface area contributed by atoms with Crippen molar-refractivity contribution in [3.63, 3.8) is 0 Å². The standard InChI is InChI=1S/C46H72N12O12S2/c1-23(2)18-32(41(64)53-31(14-15-36(49)60)40(63)56-34(22-72)46(69)70)54-43(66)35-13-9-17-58(35)45(68)24(3)51-39(62)30(12-7-8-16-47)52-42(65)33(19-26-20-50-29-11-6-5-10-27(26)29)55-44(67)37(25(4)59)57-38(61)28(48)21-71/h5-6,10-11,20,23-25,28,30-35,37,50,59,71-72H,7-9,12-19,21-22,47-48H2,1-4H3,(H2,49,60)(H,51,62)(H,52,65)(H,53,64)(H,54,66)(H,55,67)(H,56,63)(H,57,61)(H,69,70)/t24-,25+,28-,30-,31-,32-,33-,34-,35-,37-/m0/s1. The van der Waals surface area contributed by atoms with Crippen molar-refractivity contribution in [3.05, 3.63) is 36.0 Å². The van der Waals surface area contributed by atoms with Gasteiger partial charge in [-0.2, -0.15) is 25.3 Å². The predicted molar refractivity (Wildman–Crippen MR) is 272 cm³/mol. The molecule has 1 fully saturated rings. The van der Waals surface area contributed by atoms with Crippen molar-refractivity contribution < 1.29 is 58.2 Å². The third-order valence-electron chi connectivity index (χ3n) is 11.9. The number of carboxylic acids is 1. The second kappa shape index (κ2) is 29.5. The molecule has 400 valence electrons. The molecule has 0 radical (unpaired) electrons. The molecule has 3 rings (SSSR count). The molecule has 1 aromatic heterocycles. The summed E-state index contributed by atoms with van der Waals surface area (Å²) < 4.78 is 0. The maximum atomic E-state index is 14.3. The van der Waals surface area contributed by atoms with Gasteiger partial charge in [0.05, 0.1) is 12.1 Å². The van der Waals surface area contributed by atoms with Crippen molar-refractivity contribution in [1.82, 2.24) is 47.1 Å². The van der Waals surface area contributed by atoms with Crippen LogP contribution in [0, 0.1) is 5.92 Å². The Morgan fingerprint density at radius 3 is 1.94 bits per heavy atom. The van der Waals surface area contributed by atoms with Gasteiger partial charge in [0.1, 0.15) is 48.3 Å². The number of hydrogen-bond acceptors (Lipinski definition) is 15. The minimum atomic E-state index is -1.53. The van der Waals surface area contributed by atoms with Crippen LogP contribution in [-0.2, 0) is 54.4 Å². The number of benzene rings is 1. The number of carboxylic acid groups (broad SMARTS) is 1. The summed E-state index contributed by atoms with van der Waals surface area (Å²) in [7, 11) is 0. The van der Waals surface area contributed by atoms with Gasteiger partial charge in [-0.3, -0.25) is 43.2 Å². The van der Waals surface area contributed by atoms with Crippen LogP contribution in [0.4, 0.5) is 0 Å². The first kappa shape index (κ1) is 60.3. The fourth-order valence-corrected chi connectivity index (χ4v) is 8.37. The van der Waals surface area contributed by atoms with Gasteiger partial charge in [0.2, 0.25) is 53.2 Å². The molecule has 1 saturated heterocycles. The summed E-state index contributed by atoms with van der Waals surface area (Å²) in [5.41, 5.74) is 18.2. The number of thiol groups is 2. The van der Waals surface area contributed by atoms with E-state index in [4.69, 9.17) is 17.2 Å². The SMILES string of the molecule is CC(C)C[C@H](NC(=O)[C@@H]1CCCN1C(=O)[C@H](C)NC(=O)[C@H](CCCCN)NC(=O)[C@H](Cc1c[nH]c2ccccc12)NC(=O)[C@@H](NC(=O)[C@@H](N)CS)[C@@H](C)O)C(=O)N[C@@H](CCC(N)=O)C(=O)N[C@@H](CS)C(=O)O. The number of aliphatic hydroxyl groups excluding tert-OH is 1. The lowest BCUT2D eigenvalue weighted by Gasteiger charge is -2.30. The summed E-state index contributed by atoms with van der Waals surface area (Å²) in [6, 6.07) is -4.43. The number of aromatic amines is 1. The van der Waals surface area contributed by atoms with Gasteiger partial charge < -0.3 is 74.5 Å². The maximum absolute atomic E-state index is 14.3. The Morgan fingerprint density at radius 1 is 0.750 bits per heavy atom. The molecule has 0 saturated carbocycles. The molecule has 16 N–H and O–H groups in total. The number of H-pyrrole nitrogens is 1. The highest BCUT2D eigenvalue weighted by Gasteiger charge is 2.40. The van der Waals surface area contributed by atoms with E-state index >= 15 is 0 Å². The van der Waals surface area contributed by atoms with E-state index in [2.05, 4.69) is 67.5 Å². The zero-order valence-electron chi connectivity index (χ0n) is 41.0. The van der Waals surface area contributed by atoms with Gasteiger partial charge in [-0.15, -0.1) is 0 Å². The number of aromatic nitrogens is 1. The number of para-hydroxylation sites is 1. The summed E-state index contributed by atoms with van der Waals surface area (Å²) in [6.45, 7) is 6.64. The maximum Gasteiger partial charge on any atom is 0.327 e. The van der Waals surface area contributed by atoms with Crippen molar-refractivity contribution >= 4 is 95.3 Å². The van der Waals surface area contributed by atoms with Crippen molar-refractivity contribution in [2.24, 2.45) is 23.1 Å². The number of primary amides is 1. The molecule has 1 aliphatic rings. The summed E-state index contributed by atoms with van der Waals surface area (Å²) in [6.07, 6.45) is 1.09. The van der Waals surface area contributed by atoms with Crippen LogP contribution in [0.15, 0.2) is 30.5 Å². The smallest absolute Gasteiger partial charge is 0.327 e. The highest BCUT2D eigenvalue weighted by molar-refractivity contribution is 7.80. The first-order valence-electron chi connectivity index (χ1n) is 23.9. The highest BCUT2D eigenvalue weighted by Crippen LogP contribution is 2.21. The van der Waals surface area contributed by atoms with E-state index in [0.717, 1.165) is 10.9 Å². The molecule has 10 atom stereocenters. The number of carbonyl (C=O) groups is 10. The second-order valence-electron chi connectivity index (χ2n) is 18.2. The number of carbonyl (C=O) groups excluding carboxylic acids is 9. The third-order valence-corrected chi connectivity index (χ3v) is 12.7. The first-order valence-corrected chi connectivity index (χ1v) is 25.1. The van der Waals surface area contributed by atoms with E-state index in [-0.39, 0.29) is 69.0 Å². The monoisotopic (exact) mass is 1050 g/mol. The molecule has 1 aliphatic heterocycles. The average Bonchev–Trinajstić information content (AvgIpc) is 3.99. The van der Waals surface area contributed by atoms with Gasteiger partial charge in [-0.1, -0.05) is 32.0 Å². The van der Waals surface area contributed by atoms with Crippen LogP contribution in [0.25, 0.3) is 10.9 Å². The number of nitrogens with two attached hydrogens (primary N) is 3. The summed E-state index contributed by atoms with van der Waals surface area (Å²) >= 11 is 7.97. The summed E-state index contributed by atoms with van der Waals surface area (Å²) in [5, 5.41) is 38.5. The molecule has 24 nitrogen and oxygen atoms in total. The number of nitrogens with one attached hydrogen (secondary N) is 8. The lowest BCUT2D eigenvalue weighted by atomic mass is 10.0. The van der Waals surface area contributed by atoms with Crippen LogP contribution < -0.4 is 54.4 Å². The second-order valence-corrected chi connectivity index (χ2v) is 19.0. The molecule has 1 aromatic carbocycles. The topological polar surface area (TPSA) is 392 Å². The summed E-state index contributed by atoms with van der Waals surface area (Å²) in [5.74, 6) is -8.98. The van der Waals surface area contributed by atoms with Gasteiger partial charge in [0.15, 0.2) is 0 Å². The molecule has 26 heteroatoms. The number of aliphatic hydroxyl groups is 1. The number of nitrogens with zero attached hydrogens (tertiary/aromatic N) is 1. The number of aliphatic carboxylic acids is 1. The van der Waals surface area contributed by atoms with E-state index in [1.807, 2.05) is 18.2 Å². The van der Waals surface area contributed by atoms with Crippen molar-refractivity contribution in [2.45, 2.75) is 146 Å². The third kappa shape index (κ3) is 18.3. The summed E-state index contributed by atoms with van der Waals surface area (Å²) in [4.78, 5) is 137. The average molecular weight is 1050 g/mol. The molecular weight excluding hydrogens is 977 g/mol. The Kier molecular flexibility index (Phi) is 24.8. The van der Waals surface area contributed by atoms with Crippen LogP contribution in [0.5, 0.6) is 0 Å². The van der Waals surface area contributed by atoms with E-state index in [0.29, 0.717) is 24.8 Å². The molecule has 0 spiro atoms. The lowest BCUT2D eigenvalue weighted by molar-refractivity contribution is -0.142. The van der Waals surface area contributed by atoms with Gasteiger partial charge in [0, 0.05) is 48.0 Å². The Balaban J connectivity index is 1.83. The fraction of sp³-hybridized carbons (Fsp3) is 0.609. The zero-order valence-corrected chi connectivity index (χ0v) is 42.8. The Labute approximate surface area is 428 Å². The Bertz CT molecular complexity index is 2230. The number of likely N-dealkylation sites (tertiary alicyclic amines) is 1. The highest BCUT2D eigenvalue weighted by atomic mass is 32.1. The molecule has 9 amide bonds. The molecule has 0 bridgehead atoms. The molecule has 72 heavy (non-hydrogen) atoms. The van der Waals surface area contributed by atoms with Crippen molar-refractivity contribution in [2.75, 3.05) is 24.6 Å². The van der Waals surface area contributed by atoms with E-state index < -0.39 is 120 Å². The van der Waals surface area contributed by atoms with Crippen LogP contribution in [-0.4, -0.2) is 164 Å². The fourth-order valence-electron chi connectivity index (χ4n) is 7.96. The minimum Gasteiger partial charge on any atom is -0.480 e. The van der Waals surface area contributed by atoms with Gasteiger partial charge in [-0.05, 0) is 82.9 Å². The number of unbranched alkanes of at least 4 members (excludes halogenated alkanes) is 1. The van der Waals surface area contributed by atoms with E-state index in [1.54, 1.807) is 26.1 Å². The number of hydrogen-bond donors (Lipinski definition) is 15. The number of rotatable bonds is 30. The van der Waals surface area contributed by atoms with Crippen LogP contribution in [0.2, 0.25) is 0 Å². The van der Waals surface area contributed by atoms with Crippen LogP contribution in [0.1, 0.15) is 84.6 Å². The molecule has 2 aromatic rings. The Hall–Kier alpha value is -5.96. The first-order chi connectivity index (χ1) is 34.0. The van der Waals surface area contributed by atoms with E-state index in [9.17, 15) is 58.2 Å².